The van der Waals surface area contributed by atoms with E-state index in [1.807, 2.05) is 24.3 Å². The summed E-state index contributed by atoms with van der Waals surface area (Å²) in [6.07, 6.45) is 2.56. The molecule has 1 aromatic heterocycles. The van der Waals surface area contributed by atoms with Gasteiger partial charge in [0.15, 0.2) is 5.96 Å². The zero-order valence-corrected chi connectivity index (χ0v) is 16.3. The van der Waals surface area contributed by atoms with E-state index in [4.69, 9.17) is 9.15 Å². The lowest BCUT2D eigenvalue weighted by Gasteiger charge is -2.22. The Labute approximate surface area is 165 Å². The SMILES string of the molecule is CN=C(NCC(=O)NCc1ccco1)NC1CCN(c2ccccc2OC)C1. The van der Waals surface area contributed by atoms with Gasteiger partial charge in [-0.15, -0.1) is 0 Å². The van der Waals surface area contributed by atoms with Crippen LogP contribution in [0.4, 0.5) is 5.69 Å². The highest BCUT2D eigenvalue weighted by molar-refractivity contribution is 5.86. The number of nitrogens with zero attached hydrogens (tertiary/aromatic N) is 2. The molecule has 1 unspecified atom stereocenters. The zero-order chi connectivity index (χ0) is 19.8. The van der Waals surface area contributed by atoms with Gasteiger partial charge in [-0.05, 0) is 30.7 Å². The van der Waals surface area contributed by atoms with E-state index in [1.54, 1.807) is 26.5 Å². The van der Waals surface area contributed by atoms with Crippen molar-refractivity contribution in [2.75, 3.05) is 38.7 Å². The molecule has 0 bridgehead atoms. The van der Waals surface area contributed by atoms with Gasteiger partial charge in [-0.3, -0.25) is 9.79 Å². The first kappa shape index (κ1) is 19.6. The van der Waals surface area contributed by atoms with Crippen LogP contribution in [0.2, 0.25) is 0 Å². The van der Waals surface area contributed by atoms with Crippen LogP contribution in [-0.4, -0.2) is 51.7 Å². The molecule has 1 amide bonds. The number of anilines is 1. The third-order valence-electron chi connectivity index (χ3n) is 4.63. The Morgan fingerprint density at radius 1 is 1.29 bits per heavy atom. The second-order valence-corrected chi connectivity index (χ2v) is 6.53. The van der Waals surface area contributed by atoms with E-state index in [1.165, 1.54) is 0 Å². The van der Waals surface area contributed by atoms with Crippen LogP contribution in [0.25, 0.3) is 0 Å². The van der Waals surface area contributed by atoms with Gasteiger partial charge in [-0.1, -0.05) is 12.1 Å². The third-order valence-corrected chi connectivity index (χ3v) is 4.63. The Balaban J connectivity index is 1.44. The topological polar surface area (TPSA) is 91.1 Å². The molecule has 2 heterocycles. The molecule has 1 aliphatic rings. The van der Waals surface area contributed by atoms with E-state index >= 15 is 0 Å². The number of benzene rings is 1. The van der Waals surface area contributed by atoms with Crippen molar-refractivity contribution in [3.05, 3.63) is 48.4 Å². The summed E-state index contributed by atoms with van der Waals surface area (Å²) in [6, 6.07) is 11.9. The molecule has 8 heteroatoms. The van der Waals surface area contributed by atoms with E-state index in [0.717, 1.165) is 36.7 Å². The molecule has 8 nitrogen and oxygen atoms in total. The van der Waals surface area contributed by atoms with E-state index in [0.29, 0.717) is 12.5 Å². The lowest BCUT2D eigenvalue weighted by molar-refractivity contribution is -0.120. The molecule has 28 heavy (non-hydrogen) atoms. The molecule has 3 rings (SSSR count). The number of methoxy groups -OCH3 is 1. The number of guanidine groups is 1. The second kappa shape index (κ2) is 9.68. The number of furan rings is 1. The quantitative estimate of drug-likeness (QED) is 0.492. The number of hydrogen-bond donors (Lipinski definition) is 3. The van der Waals surface area contributed by atoms with Gasteiger partial charge in [-0.2, -0.15) is 0 Å². The average Bonchev–Trinajstić information content (AvgIpc) is 3.41. The number of hydrogen-bond acceptors (Lipinski definition) is 5. The summed E-state index contributed by atoms with van der Waals surface area (Å²) in [5, 5.41) is 9.24. The van der Waals surface area contributed by atoms with Gasteiger partial charge in [0.05, 0.1) is 32.1 Å². The Bertz CT molecular complexity index is 791. The number of amides is 1. The van der Waals surface area contributed by atoms with Gasteiger partial charge in [0.25, 0.3) is 0 Å². The molecular weight excluding hydrogens is 358 g/mol. The number of carbonyl (C=O) groups is 1. The first-order chi connectivity index (χ1) is 13.7. The van der Waals surface area contributed by atoms with Gasteiger partial charge >= 0.3 is 0 Å². The average molecular weight is 385 g/mol. The minimum Gasteiger partial charge on any atom is -0.495 e. The maximum Gasteiger partial charge on any atom is 0.239 e. The van der Waals surface area contributed by atoms with Gasteiger partial charge in [0.2, 0.25) is 5.91 Å². The second-order valence-electron chi connectivity index (χ2n) is 6.53. The van der Waals surface area contributed by atoms with Crippen LogP contribution < -0.4 is 25.6 Å². The fourth-order valence-electron chi connectivity index (χ4n) is 3.20. The zero-order valence-electron chi connectivity index (χ0n) is 16.3. The highest BCUT2D eigenvalue weighted by atomic mass is 16.5. The van der Waals surface area contributed by atoms with Crippen molar-refractivity contribution in [2.45, 2.75) is 19.0 Å². The third kappa shape index (κ3) is 5.18. The Morgan fingerprint density at radius 2 is 2.14 bits per heavy atom. The van der Waals surface area contributed by atoms with Crippen LogP contribution >= 0.6 is 0 Å². The van der Waals surface area contributed by atoms with Crippen LogP contribution in [0, 0.1) is 0 Å². The van der Waals surface area contributed by atoms with E-state index < -0.39 is 0 Å². The first-order valence-electron chi connectivity index (χ1n) is 9.34. The lowest BCUT2D eigenvalue weighted by atomic mass is 10.2. The molecule has 1 aromatic carbocycles. The summed E-state index contributed by atoms with van der Waals surface area (Å²) in [7, 11) is 3.39. The normalized spacial score (nSPS) is 16.7. The number of rotatable bonds is 7. The smallest absolute Gasteiger partial charge is 0.239 e. The lowest BCUT2D eigenvalue weighted by Crippen LogP contribution is -2.47. The van der Waals surface area contributed by atoms with Crippen LogP contribution in [0.15, 0.2) is 52.1 Å². The van der Waals surface area contributed by atoms with Crippen molar-refractivity contribution in [1.82, 2.24) is 16.0 Å². The highest BCUT2D eigenvalue weighted by Crippen LogP contribution is 2.30. The Morgan fingerprint density at radius 3 is 2.89 bits per heavy atom. The fraction of sp³-hybridized carbons (Fsp3) is 0.400. The van der Waals surface area contributed by atoms with Gasteiger partial charge in [-0.25, -0.2) is 0 Å². The Hall–Kier alpha value is -3.16. The molecule has 1 atom stereocenters. The first-order valence-corrected chi connectivity index (χ1v) is 9.34. The van der Waals surface area contributed by atoms with E-state index in [2.05, 4.69) is 31.9 Å². The molecule has 0 radical (unpaired) electrons. The molecule has 2 aromatic rings. The maximum atomic E-state index is 12.0. The Kier molecular flexibility index (Phi) is 6.78. The monoisotopic (exact) mass is 385 g/mol. The largest absolute Gasteiger partial charge is 0.495 e. The molecule has 1 aliphatic heterocycles. The molecule has 0 spiro atoms. The van der Waals surface area contributed by atoms with Crippen molar-refractivity contribution >= 4 is 17.6 Å². The van der Waals surface area contributed by atoms with Crippen LogP contribution in [0.5, 0.6) is 5.75 Å². The van der Waals surface area contributed by atoms with Gasteiger partial charge in [0.1, 0.15) is 11.5 Å². The van der Waals surface area contributed by atoms with E-state index in [9.17, 15) is 4.79 Å². The number of ether oxygens (including phenoxy) is 1. The highest BCUT2D eigenvalue weighted by Gasteiger charge is 2.25. The van der Waals surface area contributed by atoms with Crippen LogP contribution in [0.1, 0.15) is 12.2 Å². The number of para-hydroxylation sites is 2. The summed E-state index contributed by atoms with van der Waals surface area (Å²) in [6.45, 7) is 2.28. The number of carbonyl (C=O) groups excluding carboxylic acids is 1. The molecular formula is C20H27N5O3. The summed E-state index contributed by atoms with van der Waals surface area (Å²) in [5.74, 6) is 2.08. The maximum absolute atomic E-state index is 12.0. The molecule has 3 N–H and O–H groups in total. The van der Waals surface area contributed by atoms with E-state index in [-0.39, 0.29) is 18.5 Å². The summed E-state index contributed by atoms with van der Waals surface area (Å²) < 4.78 is 10.7. The van der Waals surface area contributed by atoms with Crippen molar-refractivity contribution in [3.8, 4) is 5.75 Å². The molecule has 1 saturated heterocycles. The summed E-state index contributed by atoms with van der Waals surface area (Å²) in [4.78, 5) is 18.5. The van der Waals surface area contributed by atoms with Gasteiger partial charge in [0, 0.05) is 26.2 Å². The van der Waals surface area contributed by atoms with Crippen molar-refractivity contribution in [2.24, 2.45) is 4.99 Å². The molecule has 0 aliphatic carbocycles. The predicted molar refractivity (Wildman–Crippen MR) is 109 cm³/mol. The minimum atomic E-state index is -0.124. The fourth-order valence-corrected chi connectivity index (χ4v) is 3.20. The standard InChI is InChI=1S/C20H27N5O3/c1-21-20(23-13-19(26)22-12-16-6-5-11-28-16)24-15-9-10-25(14-15)17-7-3-4-8-18(17)27-2/h3-8,11,15H,9-10,12-14H2,1-2H3,(H,22,26)(H2,21,23,24). The number of nitrogens with one attached hydrogen (secondary N) is 3. The van der Waals surface area contributed by atoms with Crippen LogP contribution in [-0.2, 0) is 11.3 Å². The summed E-state index contributed by atoms with van der Waals surface area (Å²) >= 11 is 0. The number of aliphatic imine (C=N–C) groups is 1. The van der Waals surface area contributed by atoms with Crippen molar-refractivity contribution in [3.63, 3.8) is 0 Å². The predicted octanol–water partition coefficient (Wildman–Crippen LogP) is 1.35. The molecule has 1 fully saturated rings. The van der Waals surface area contributed by atoms with Crippen LogP contribution in [0.3, 0.4) is 0 Å². The minimum absolute atomic E-state index is 0.124. The van der Waals surface area contributed by atoms with Crippen molar-refractivity contribution in [1.29, 1.82) is 0 Å². The summed E-state index contributed by atoms with van der Waals surface area (Å²) in [5.41, 5.74) is 1.09. The van der Waals surface area contributed by atoms with Gasteiger partial charge < -0.3 is 30.0 Å². The molecule has 0 saturated carbocycles. The molecule has 150 valence electrons. The van der Waals surface area contributed by atoms with Crippen molar-refractivity contribution < 1.29 is 13.9 Å².